The lowest BCUT2D eigenvalue weighted by Gasteiger charge is -2.23. The number of nitrogens with one attached hydrogen (secondary N) is 1. The molecule has 1 aromatic heterocycles. The van der Waals surface area contributed by atoms with E-state index in [0.717, 1.165) is 18.4 Å². The summed E-state index contributed by atoms with van der Waals surface area (Å²) in [5, 5.41) is 0.155. The molecule has 0 amide bonds. The maximum atomic E-state index is 12.6. The first-order valence-electron chi connectivity index (χ1n) is 6.57. The molecule has 3 rings (SSSR count). The predicted molar refractivity (Wildman–Crippen MR) is 75.8 cm³/mol. The van der Waals surface area contributed by atoms with E-state index in [9.17, 15) is 8.42 Å². The number of aromatic nitrogens is 2. The SMILES string of the molecule is Cc1ncc(S(=O)(=O)N(C)C2CCc3ccccc32)[nH]1. The second-order valence-corrected chi connectivity index (χ2v) is 7.07. The molecule has 6 heteroatoms. The number of H-pyrrole nitrogens is 1. The van der Waals surface area contributed by atoms with Crippen molar-refractivity contribution in [3.05, 3.63) is 47.4 Å². The van der Waals surface area contributed by atoms with E-state index >= 15 is 0 Å². The summed E-state index contributed by atoms with van der Waals surface area (Å²) in [7, 11) is -1.89. The van der Waals surface area contributed by atoms with Crippen molar-refractivity contribution in [3.63, 3.8) is 0 Å². The predicted octanol–water partition coefficient (Wildman–Crippen LogP) is 2.03. The number of rotatable bonds is 3. The van der Waals surface area contributed by atoms with Crippen LogP contribution >= 0.6 is 0 Å². The van der Waals surface area contributed by atoms with Crippen molar-refractivity contribution in [1.82, 2.24) is 14.3 Å². The van der Waals surface area contributed by atoms with E-state index in [1.807, 2.05) is 18.2 Å². The van der Waals surface area contributed by atoms with Gasteiger partial charge < -0.3 is 4.98 Å². The normalized spacial score (nSPS) is 18.4. The van der Waals surface area contributed by atoms with Gasteiger partial charge in [0.2, 0.25) is 0 Å². The molecule has 0 fully saturated rings. The van der Waals surface area contributed by atoms with E-state index in [1.54, 1.807) is 14.0 Å². The molecule has 1 N–H and O–H groups in total. The summed E-state index contributed by atoms with van der Waals surface area (Å²) in [6.07, 6.45) is 3.12. The first-order chi connectivity index (χ1) is 9.50. The Morgan fingerprint density at radius 2 is 2.10 bits per heavy atom. The Hall–Kier alpha value is -1.66. The van der Waals surface area contributed by atoms with Gasteiger partial charge in [-0.15, -0.1) is 0 Å². The highest BCUT2D eigenvalue weighted by Gasteiger charge is 2.34. The molecule has 106 valence electrons. The maximum Gasteiger partial charge on any atom is 0.260 e. The fourth-order valence-electron chi connectivity index (χ4n) is 2.76. The van der Waals surface area contributed by atoms with Gasteiger partial charge in [-0.2, -0.15) is 4.31 Å². The minimum atomic E-state index is -3.53. The standard InChI is InChI=1S/C14H17N3O2S/c1-10-15-9-14(16-10)20(18,19)17(2)13-8-7-11-5-3-4-6-12(11)13/h3-6,9,13H,7-8H2,1-2H3,(H,15,16). The van der Waals surface area contributed by atoms with Crippen LogP contribution in [-0.4, -0.2) is 29.7 Å². The summed E-state index contributed by atoms with van der Waals surface area (Å²) < 4.78 is 26.6. The van der Waals surface area contributed by atoms with Gasteiger partial charge in [0.05, 0.1) is 12.2 Å². The fraction of sp³-hybridized carbons (Fsp3) is 0.357. The molecular formula is C14H17N3O2S. The summed E-state index contributed by atoms with van der Waals surface area (Å²) in [4.78, 5) is 6.78. The Kier molecular flexibility index (Phi) is 3.14. The molecule has 1 heterocycles. The van der Waals surface area contributed by atoms with E-state index < -0.39 is 10.0 Å². The summed E-state index contributed by atoms with van der Waals surface area (Å²) in [6, 6.07) is 7.93. The Labute approximate surface area is 118 Å². The van der Waals surface area contributed by atoms with Gasteiger partial charge in [0, 0.05) is 7.05 Å². The number of nitrogens with zero attached hydrogens (tertiary/aromatic N) is 2. The van der Waals surface area contributed by atoms with Crippen LogP contribution in [0.1, 0.15) is 29.4 Å². The zero-order valence-corrected chi connectivity index (χ0v) is 12.3. The zero-order chi connectivity index (χ0) is 14.3. The number of imidazole rings is 1. The molecule has 5 nitrogen and oxygen atoms in total. The van der Waals surface area contributed by atoms with Gasteiger partial charge in [0.25, 0.3) is 10.0 Å². The lowest BCUT2D eigenvalue weighted by Crippen LogP contribution is -2.30. The molecule has 2 aromatic rings. The number of benzene rings is 1. The Morgan fingerprint density at radius 1 is 1.35 bits per heavy atom. The molecule has 1 unspecified atom stereocenters. The molecule has 20 heavy (non-hydrogen) atoms. The van der Waals surface area contributed by atoms with Crippen molar-refractivity contribution in [2.45, 2.75) is 30.8 Å². The monoisotopic (exact) mass is 291 g/mol. The number of fused-ring (bicyclic) bond motifs is 1. The number of sulfonamides is 1. The largest absolute Gasteiger partial charge is 0.332 e. The zero-order valence-electron chi connectivity index (χ0n) is 11.5. The minimum Gasteiger partial charge on any atom is -0.332 e. The second-order valence-electron chi connectivity index (χ2n) is 5.11. The third-order valence-corrected chi connectivity index (χ3v) is 5.65. The summed E-state index contributed by atoms with van der Waals surface area (Å²) in [6.45, 7) is 1.74. The number of aryl methyl sites for hydroxylation is 2. The van der Waals surface area contributed by atoms with Crippen LogP contribution in [0.3, 0.4) is 0 Å². The molecule has 0 saturated heterocycles. The van der Waals surface area contributed by atoms with Crippen LogP contribution in [0.5, 0.6) is 0 Å². The second kappa shape index (κ2) is 4.71. The van der Waals surface area contributed by atoms with Crippen LogP contribution in [0.4, 0.5) is 0 Å². The lowest BCUT2D eigenvalue weighted by molar-refractivity contribution is 0.373. The van der Waals surface area contributed by atoms with Crippen molar-refractivity contribution in [2.24, 2.45) is 0 Å². The summed E-state index contributed by atoms with van der Waals surface area (Å²) >= 11 is 0. The molecule has 0 spiro atoms. The van der Waals surface area contributed by atoms with Crippen molar-refractivity contribution in [1.29, 1.82) is 0 Å². The van der Waals surface area contributed by atoms with Crippen molar-refractivity contribution < 1.29 is 8.42 Å². The van der Waals surface area contributed by atoms with E-state index in [4.69, 9.17) is 0 Å². The van der Waals surface area contributed by atoms with Crippen LogP contribution in [0.15, 0.2) is 35.5 Å². The van der Waals surface area contributed by atoms with Gasteiger partial charge in [-0.3, -0.25) is 0 Å². The van der Waals surface area contributed by atoms with Crippen LogP contribution in [0, 0.1) is 6.92 Å². The average molecular weight is 291 g/mol. The number of hydrogen-bond acceptors (Lipinski definition) is 3. The van der Waals surface area contributed by atoms with Gasteiger partial charge in [-0.05, 0) is 30.9 Å². The van der Waals surface area contributed by atoms with Gasteiger partial charge in [0.15, 0.2) is 5.03 Å². The van der Waals surface area contributed by atoms with Gasteiger partial charge in [-0.25, -0.2) is 13.4 Å². The molecule has 0 aliphatic heterocycles. The molecule has 1 atom stereocenters. The van der Waals surface area contributed by atoms with E-state index in [1.165, 1.54) is 16.1 Å². The highest BCUT2D eigenvalue weighted by atomic mass is 32.2. The Bertz CT molecular complexity index is 736. The third-order valence-electron chi connectivity index (χ3n) is 3.88. The van der Waals surface area contributed by atoms with Crippen molar-refractivity contribution in [3.8, 4) is 0 Å². The van der Waals surface area contributed by atoms with E-state index in [2.05, 4.69) is 16.0 Å². The molecule has 0 radical (unpaired) electrons. The maximum absolute atomic E-state index is 12.6. The van der Waals surface area contributed by atoms with Crippen molar-refractivity contribution in [2.75, 3.05) is 7.05 Å². The summed E-state index contributed by atoms with van der Waals surface area (Å²) in [5.41, 5.74) is 2.34. The Morgan fingerprint density at radius 3 is 2.80 bits per heavy atom. The van der Waals surface area contributed by atoms with Gasteiger partial charge >= 0.3 is 0 Å². The number of hydrogen-bond donors (Lipinski definition) is 1. The van der Waals surface area contributed by atoms with Crippen LogP contribution in [-0.2, 0) is 16.4 Å². The van der Waals surface area contributed by atoms with Crippen LogP contribution in [0.25, 0.3) is 0 Å². The highest BCUT2D eigenvalue weighted by molar-refractivity contribution is 7.89. The van der Waals surface area contributed by atoms with Crippen molar-refractivity contribution >= 4 is 10.0 Å². The molecule has 1 aliphatic rings. The van der Waals surface area contributed by atoms with Crippen LogP contribution in [0.2, 0.25) is 0 Å². The topological polar surface area (TPSA) is 66.1 Å². The fourth-order valence-corrected chi connectivity index (χ4v) is 4.09. The van der Waals surface area contributed by atoms with Gasteiger partial charge in [-0.1, -0.05) is 24.3 Å². The lowest BCUT2D eigenvalue weighted by atomic mass is 10.1. The van der Waals surface area contributed by atoms with Gasteiger partial charge in [0.1, 0.15) is 5.82 Å². The molecule has 1 aromatic carbocycles. The van der Waals surface area contributed by atoms with E-state index in [0.29, 0.717) is 5.82 Å². The molecule has 0 saturated carbocycles. The van der Waals surface area contributed by atoms with Crippen LogP contribution < -0.4 is 0 Å². The quantitative estimate of drug-likeness (QED) is 0.941. The first kappa shape index (κ1) is 13.3. The Balaban J connectivity index is 1.96. The summed E-state index contributed by atoms with van der Waals surface area (Å²) in [5.74, 6) is 0.601. The third kappa shape index (κ3) is 2.05. The molecule has 0 bridgehead atoms. The number of aromatic amines is 1. The van der Waals surface area contributed by atoms with E-state index in [-0.39, 0.29) is 11.1 Å². The molecule has 1 aliphatic carbocycles. The smallest absolute Gasteiger partial charge is 0.260 e. The first-order valence-corrected chi connectivity index (χ1v) is 8.01. The highest BCUT2D eigenvalue weighted by Crippen LogP contribution is 2.37. The molecular weight excluding hydrogens is 274 g/mol. The minimum absolute atomic E-state index is 0.0974. The average Bonchev–Trinajstić information content (AvgIpc) is 3.04.